The molecule has 0 aliphatic heterocycles. The van der Waals surface area contributed by atoms with E-state index in [-0.39, 0.29) is 0 Å². The topological polar surface area (TPSA) is 47.0 Å². The first kappa shape index (κ1) is 14.8. The Labute approximate surface area is 127 Å². The molecule has 106 valence electrons. The minimum Gasteiger partial charge on any atom is -0.438 e. The van der Waals surface area contributed by atoms with E-state index in [0.29, 0.717) is 11.7 Å². The van der Waals surface area contributed by atoms with Crippen molar-refractivity contribution in [2.75, 3.05) is 11.9 Å². The number of halogens is 1. The van der Waals surface area contributed by atoms with Gasteiger partial charge in [0.15, 0.2) is 0 Å². The summed E-state index contributed by atoms with van der Waals surface area (Å²) in [6.07, 6.45) is 0. The zero-order valence-electron chi connectivity index (χ0n) is 12.1. The fourth-order valence-corrected chi connectivity index (χ4v) is 2.35. The third kappa shape index (κ3) is 3.28. The average molecular weight is 336 g/mol. The maximum Gasteiger partial charge on any atom is 0.227 e. The van der Waals surface area contributed by atoms with E-state index in [4.69, 9.17) is 4.74 Å². The molecule has 4 nitrogen and oxygen atoms in total. The quantitative estimate of drug-likeness (QED) is 0.900. The van der Waals surface area contributed by atoms with Gasteiger partial charge in [0.1, 0.15) is 17.4 Å². The second kappa shape index (κ2) is 6.22. The van der Waals surface area contributed by atoms with E-state index in [9.17, 15) is 0 Å². The maximum absolute atomic E-state index is 5.95. The van der Waals surface area contributed by atoms with Crippen molar-refractivity contribution >= 4 is 21.7 Å². The lowest BCUT2D eigenvalue weighted by Gasteiger charge is -2.14. The fraction of sp³-hybridized carbons (Fsp3) is 0.333. The number of aromatic nitrogens is 2. The number of anilines is 1. The smallest absolute Gasteiger partial charge is 0.227 e. The highest BCUT2D eigenvalue weighted by Crippen LogP contribution is 2.30. The average Bonchev–Trinajstić information content (AvgIpc) is 2.38. The van der Waals surface area contributed by atoms with Crippen LogP contribution in [0.15, 0.2) is 22.7 Å². The third-order valence-corrected chi connectivity index (χ3v) is 3.39. The molecule has 0 spiro atoms. The molecule has 0 radical (unpaired) electrons. The van der Waals surface area contributed by atoms with Crippen LogP contribution in [0, 0.1) is 20.8 Å². The molecule has 0 unspecified atom stereocenters. The van der Waals surface area contributed by atoms with Gasteiger partial charge in [0.25, 0.3) is 0 Å². The predicted molar refractivity (Wildman–Crippen MR) is 84.6 cm³/mol. The van der Waals surface area contributed by atoms with Crippen LogP contribution in [0.25, 0.3) is 0 Å². The van der Waals surface area contributed by atoms with Crippen molar-refractivity contribution in [2.45, 2.75) is 27.7 Å². The molecule has 0 amide bonds. The summed E-state index contributed by atoms with van der Waals surface area (Å²) in [6.45, 7) is 8.68. The minimum atomic E-state index is 0.596. The fourth-order valence-electron chi connectivity index (χ4n) is 1.87. The van der Waals surface area contributed by atoms with Gasteiger partial charge in [0.2, 0.25) is 5.88 Å². The van der Waals surface area contributed by atoms with Gasteiger partial charge in [-0.3, -0.25) is 0 Å². The summed E-state index contributed by atoms with van der Waals surface area (Å²) in [5.74, 6) is 2.91. The van der Waals surface area contributed by atoms with Crippen LogP contribution in [0.3, 0.4) is 0 Å². The second-order valence-corrected chi connectivity index (χ2v) is 5.51. The number of rotatable bonds is 4. The molecule has 5 heteroatoms. The molecule has 1 aromatic carbocycles. The largest absolute Gasteiger partial charge is 0.438 e. The van der Waals surface area contributed by atoms with Gasteiger partial charge in [-0.1, -0.05) is 15.9 Å². The van der Waals surface area contributed by atoms with Crippen molar-refractivity contribution in [1.29, 1.82) is 0 Å². The first-order valence-corrected chi connectivity index (χ1v) is 7.33. The molecule has 0 bridgehead atoms. The van der Waals surface area contributed by atoms with Crippen LogP contribution in [0.5, 0.6) is 11.6 Å². The van der Waals surface area contributed by atoms with Crippen molar-refractivity contribution in [3.8, 4) is 11.6 Å². The van der Waals surface area contributed by atoms with Gasteiger partial charge in [-0.05, 0) is 51.5 Å². The zero-order valence-corrected chi connectivity index (χ0v) is 13.7. The molecule has 1 heterocycles. The number of hydrogen-bond donors (Lipinski definition) is 1. The van der Waals surface area contributed by atoms with Gasteiger partial charge in [-0.2, -0.15) is 4.98 Å². The van der Waals surface area contributed by atoms with Crippen LogP contribution in [-0.4, -0.2) is 16.5 Å². The highest BCUT2D eigenvalue weighted by atomic mass is 79.9. The van der Waals surface area contributed by atoms with Crippen LogP contribution in [0.2, 0.25) is 0 Å². The summed E-state index contributed by atoms with van der Waals surface area (Å²) in [6, 6.07) is 5.91. The molecule has 0 aliphatic carbocycles. The normalized spacial score (nSPS) is 10.4. The number of hydrogen-bond acceptors (Lipinski definition) is 4. The van der Waals surface area contributed by atoms with Crippen molar-refractivity contribution in [2.24, 2.45) is 0 Å². The van der Waals surface area contributed by atoms with Crippen LogP contribution >= 0.6 is 15.9 Å². The molecule has 2 aromatic rings. The van der Waals surface area contributed by atoms with Gasteiger partial charge in [0.05, 0.1) is 5.56 Å². The monoisotopic (exact) mass is 335 g/mol. The van der Waals surface area contributed by atoms with E-state index in [2.05, 4.69) is 31.2 Å². The zero-order chi connectivity index (χ0) is 14.7. The summed E-state index contributed by atoms with van der Waals surface area (Å²) >= 11 is 3.45. The molecular formula is C15H18BrN3O. The predicted octanol–water partition coefficient (Wildman–Crippen LogP) is 4.39. The minimum absolute atomic E-state index is 0.596. The highest BCUT2D eigenvalue weighted by molar-refractivity contribution is 9.10. The highest BCUT2D eigenvalue weighted by Gasteiger charge is 2.12. The summed E-state index contributed by atoms with van der Waals surface area (Å²) in [7, 11) is 0. The Balaban J connectivity index is 2.37. The lowest BCUT2D eigenvalue weighted by molar-refractivity contribution is 0.452. The Hall–Kier alpha value is -1.62. The molecular weight excluding hydrogens is 318 g/mol. The molecule has 2 rings (SSSR count). The van der Waals surface area contributed by atoms with Gasteiger partial charge < -0.3 is 10.1 Å². The van der Waals surface area contributed by atoms with Crippen molar-refractivity contribution in [3.05, 3.63) is 39.6 Å². The Morgan fingerprint density at radius 3 is 2.60 bits per heavy atom. The summed E-state index contributed by atoms with van der Waals surface area (Å²) < 4.78 is 6.98. The molecule has 1 N–H and O–H groups in total. The Bertz CT molecular complexity index is 629. The molecule has 0 saturated carbocycles. The third-order valence-electron chi connectivity index (χ3n) is 2.90. The van der Waals surface area contributed by atoms with Crippen LogP contribution in [0.1, 0.15) is 23.9 Å². The van der Waals surface area contributed by atoms with E-state index >= 15 is 0 Å². The van der Waals surface area contributed by atoms with Gasteiger partial charge >= 0.3 is 0 Å². The summed E-state index contributed by atoms with van der Waals surface area (Å²) in [5.41, 5.74) is 1.97. The number of nitrogens with one attached hydrogen (secondary N) is 1. The first-order chi connectivity index (χ1) is 9.51. The van der Waals surface area contributed by atoms with E-state index < -0.39 is 0 Å². The number of benzene rings is 1. The molecule has 0 saturated heterocycles. The van der Waals surface area contributed by atoms with E-state index in [1.54, 1.807) is 0 Å². The number of nitrogens with zero attached hydrogens (tertiary/aromatic N) is 2. The SMILES string of the molecule is CCNc1nc(C)nc(Oc2ccc(Br)cc2C)c1C. The Kier molecular flexibility index (Phi) is 4.60. The molecule has 0 atom stereocenters. The van der Waals surface area contributed by atoms with Gasteiger partial charge in [-0.25, -0.2) is 4.98 Å². The van der Waals surface area contributed by atoms with Gasteiger partial charge in [-0.15, -0.1) is 0 Å². The van der Waals surface area contributed by atoms with Crippen LogP contribution in [0.4, 0.5) is 5.82 Å². The lowest BCUT2D eigenvalue weighted by atomic mass is 10.2. The molecule has 0 aliphatic rings. The van der Waals surface area contributed by atoms with Crippen molar-refractivity contribution < 1.29 is 4.74 Å². The Morgan fingerprint density at radius 1 is 1.20 bits per heavy atom. The van der Waals surface area contributed by atoms with E-state index in [1.807, 2.05) is 45.9 Å². The first-order valence-electron chi connectivity index (χ1n) is 6.54. The van der Waals surface area contributed by atoms with Gasteiger partial charge in [0, 0.05) is 11.0 Å². The molecule has 0 fully saturated rings. The summed E-state index contributed by atoms with van der Waals surface area (Å²) in [5, 5.41) is 3.23. The maximum atomic E-state index is 5.95. The van der Waals surface area contributed by atoms with E-state index in [1.165, 1.54) is 0 Å². The van der Waals surface area contributed by atoms with Crippen molar-refractivity contribution in [1.82, 2.24) is 9.97 Å². The van der Waals surface area contributed by atoms with Crippen molar-refractivity contribution in [3.63, 3.8) is 0 Å². The second-order valence-electron chi connectivity index (χ2n) is 4.59. The molecule has 1 aromatic heterocycles. The van der Waals surface area contributed by atoms with Crippen LogP contribution in [-0.2, 0) is 0 Å². The lowest BCUT2D eigenvalue weighted by Crippen LogP contribution is -2.06. The Morgan fingerprint density at radius 2 is 1.95 bits per heavy atom. The summed E-state index contributed by atoms with van der Waals surface area (Å²) in [4.78, 5) is 8.78. The number of ether oxygens (including phenoxy) is 1. The molecule has 20 heavy (non-hydrogen) atoms. The number of aryl methyl sites for hydroxylation is 2. The van der Waals surface area contributed by atoms with Crippen LogP contribution < -0.4 is 10.1 Å². The van der Waals surface area contributed by atoms with E-state index in [0.717, 1.165) is 33.7 Å². The standard InChI is InChI=1S/C15H18BrN3O/c1-5-17-14-10(3)15(19-11(4)18-14)20-13-7-6-12(16)8-9(13)2/h6-8H,5H2,1-4H3,(H,17,18,19).